The van der Waals surface area contributed by atoms with E-state index in [1.54, 1.807) is 13.2 Å². The van der Waals surface area contributed by atoms with Crippen LogP contribution in [0.5, 0.6) is 11.5 Å². The van der Waals surface area contributed by atoms with E-state index >= 15 is 0 Å². The van der Waals surface area contributed by atoms with Gasteiger partial charge >= 0.3 is 0 Å². The van der Waals surface area contributed by atoms with E-state index in [0.717, 1.165) is 11.3 Å². The van der Waals surface area contributed by atoms with Gasteiger partial charge in [0.15, 0.2) is 17.3 Å². The number of morpholine rings is 1. The van der Waals surface area contributed by atoms with Crippen LogP contribution in [0.1, 0.15) is 25.2 Å². The van der Waals surface area contributed by atoms with Crippen molar-refractivity contribution < 1.29 is 14.2 Å². The van der Waals surface area contributed by atoms with Crippen molar-refractivity contribution in [3.8, 4) is 23.3 Å². The fraction of sp³-hybridized carbons (Fsp3) is 0.320. The maximum Gasteiger partial charge on any atom is 0.232 e. The van der Waals surface area contributed by atoms with Crippen molar-refractivity contribution in [1.29, 1.82) is 5.26 Å². The molecule has 2 heterocycles. The minimum absolute atomic E-state index is 0.0557. The Kier molecular flexibility index (Phi) is 6.91. The highest BCUT2D eigenvalue weighted by Gasteiger charge is 2.24. The Morgan fingerprint density at radius 2 is 1.85 bits per heavy atom. The van der Waals surface area contributed by atoms with Gasteiger partial charge in [0.1, 0.15) is 6.07 Å². The Balaban J connectivity index is 1.85. The molecule has 0 unspecified atom stereocenters. The molecule has 0 N–H and O–H groups in total. The zero-order valence-electron chi connectivity index (χ0n) is 19.1. The van der Waals surface area contributed by atoms with Crippen LogP contribution in [0, 0.1) is 11.3 Å². The predicted molar refractivity (Wildman–Crippen MR) is 127 cm³/mol. The number of hydrogen-bond acceptors (Lipinski definition) is 7. The molecule has 1 aliphatic rings. The predicted octanol–water partition coefficient (Wildman–Crippen LogP) is 3.96. The van der Waals surface area contributed by atoms with Gasteiger partial charge in [-0.15, -0.1) is 10.2 Å². The normalized spacial score (nSPS) is 14.3. The van der Waals surface area contributed by atoms with E-state index < -0.39 is 0 Å². The topological polar surface area (TPSA) is 85.4 Å². The molecular weight excluding hydrogens is 418 g/mol. The SMILES string of the molecule is COc1cccc(/C=C(\C#N)c2nnc(N3CCOCC3)n2-c2ccccc2)c1OC(C)C. The number of ether oxygens (including phenoxy) is 3. The summed E-state index contributed by atoms with van der Waals surface area (Å²) < 4.78 is 18.9. The molecule has 1 saturated heterocycles. The number of anilines is 1. The average Bonchev–Trinajstić information content (AvgIpc) is 3.29. The molecule has 0 spiro atoms. The van der Waals surface area contributed by atoms with Gasteiger partial charge in [-0.05, 0) is 38.1 Å². The molecule has 3 aromatic rings. The van der Waals surface area contributed by atoms with Crippen LogP contribution in [-0.2, 0) is 4.74 Å². The van der Waals surface area contributed by atoms with E-state index in [-0.39, 0.29) is 6.10 Å². The quantitative estimate of drug-likeness (QED) is 0.509. The number of aromatic nitrogens is 3. The van der Waals surface area contributed by atoms with Crippen molar-refractivity contribution in [2.24, 2.45) is 0 Å². The summed E-state index contributed by atoms with van der Waals surface area (Å²) in [5.74, 6) is 2.34. The Labute approximate surface area is 193 Å². The molecule has 0 saturated carbocycles. The van der Waals surface area contributed by atoms with Crippen LogP contribution >= 0.6 is 0 Å². The first-order valence-corrected chi connectivity index (χ1v) is 10.9. The molecule has 170 valence electrons. The molecule has 2 aromatic carbocycles. The molecule has 1 aliphatic heterocycles. The zero-order chi connectivity index (χ0) is 23.2. The fourth-order valence-electron chi connectivity index (χ4n) is 3.70. The molecule has 8 nitrogen and oxygen atoms in total. The van der Waals surface area contributed by atoms with Gasteiger partial charge in [-0.3, -0.25) is 4.57 Å². The summed E-state index contributed by atoms with van der Waals surface area (Å²) in [6.07, 6.45) is 1.71. The van der Waals surface area contributed by atoms with Crippen molar-refractivity contribution >= 4 is 17.6 Å². The van der Waals surface area contributed by atoms with Crippen LogP contribution in [-0.4, -0.2) is 54.3 Å². The summed E-state index contributed by atoms with van der Waals surface area (Å²) in [5.41, 5.74) is 1.98. The summed E-state index contributed by atoms with van der Waals surface area (Å²) >= 11 is 0. The lowest BCUT2D eigenvalue weighted by Crippen LogP contribution is -2.38. The standard InChI is InChI=1S/C25H27N5O3/c1-18(2)33-23-19(8-7-11-22(23)31-3)16-20(17-26)24-27-28-25(29-12-14-32-15-13-29)30(24)21-9-5-4-6-10-21/h4-11,16,18H,12-15H2,1-3H3/b20-16+. The lowest BCUT2D eigenvalue weighted by atomic mass is 10.1. The minimum atomic E-state index is -0.0557. The Bertz CT molecular complexity index is 1160. The number of hydrogen-bond donors (Lipinski definition) is 0. The fourth-order valence-corrected chi connectivity index (χ4v) is 3.70. The zero-order valence-corrected chi connectivity index (χ0v) is 19.1. The van der Waals surface area contributed by atoms with Crippen LogP contribution in [0.15, 0.2) is 48.5 Å². The largest absolute Gasteiger partial charge is 0.493 e. The molecule has 0 bridgehead atoms. The maximum atomic E-state index is 10.1. The van der Waals surface area contributed by atoms with Gasteiger partial charge in [0.25, 0.3) is 0 Å². The lowest BCUT2D eigenvalue weighted by Gasteiger charge is -2.28. The van der Waals surface area contributed by atoms with Crippen LogP contribution in [0.2, 0.25) is 0 Å². The van der Waals surface area contributed by atoms with Gasteiger partial charge in [-0.2, -0.15) is 5.26 Å². The summed E-state index contributed by atoms with van der Waals surface area (Å²) in [6, 6.07) is 17.7. The average molecular weight is 446 g/mol. The molecule has 0 radical (unpaired) electrons. The Morgan fingerprint density at radius 3 is 2.52 bits per heavy atom. The summed E-state index contributed by atoms with van der Waals surface area (Å²) in [7, 11) is 1.60. The molecule has 1 fully saturated rings. The van der Waals surface area contributed by atoms with E-state index in [1.165, 1.54) is 0 Å². The van der Waals surface area contributed by atoms with E-state index in [1.807, 2.05) is 66.9 Å². The van der Waals surface area contributed by atoms with Crippen LogP contribution in [0.4, 0.5) is 5.95 Å². The second kappa shape index (κ2) is 10.2. The molecule has 33 heavy (non-hydrogen) atoms. The first-order valence-electron chi connectivity index (χ1n) is 10.9. The van der Waals surface area contributed by atoms with E-state index in [0.29, 0.717) is 55.1 Å². The third-order valence-corrected chi connectivity index (χ3v) is 5.20. The third kappa shape index (κ3) is 4.83. The second-order valence-corrected chi connectivity index (χ2v) is 7.81. The first-order chi connectivity index (χ1) is 16.1. The Hall–Kier alpha value is -3.83. The molecule has 0 aliphatic carbocycles. The van der Waals surface area contributed by atoms with Gasteiger partial charge in [0, 0.05) is 18.7 Å². The van der Waals surface area contributed by atoms with E-state index in [9.17, 15) is 5.26 Å². The van der Waals surface area contributed by atoms with Crippen LogP contribution < -0.4 is 14.4 Å². The number of methoxy groups -OCH3 is 1. The van der Waals surface area contributed by atoms with Crippen molar-refractivity contribution in [1.82, 2.24) is 14.8 Å². The minimum Gasteiger partial charge on any atom is -0.493 e. The van der Waals surface area contributed by atoms with Gasteiger partial charge in [0.2, 0.25) is 5.95 Å². The highest BCUT2D eigenvalue weighted by Crippen LogP contribution is 2.35. The summed E-state index contributed by atoms with van der Waals surface area (Å²) in [6.45, 7) is 6.56. The van der Waals surface area contributed by atoms with Gasteiger partial charge < -0.3 is 19.1 Å². The number of para-hydroxylation sites is 2. The van der Waals surface area contributed by atoms with Gasteiger partial charge in [-0.1, -0.05) is 30.3 Å². The van der Waals surface area contributed by atoms with E-state index in [4.69, 9.17) is 14.2 Å². The van der Waals surface area contributed by atoms with Gasteiger partial charge in [0.05, 0.1) is 37.7 Å². The van der Waals surface area contributed by atoms with E-state index in [2.05, 4.69) is 21.2 Å². The highest BCUT2D eigenvalue weighted by molar-refractivity contribution is 5.89. The molecule has 8 heteroatoms. The smallest absolute Gasteiger partial charge is 0.232 e. The van der Waals surface area contributed by atoms with Crippen molar-refractivity contribution in [3.63, 3.8) is 0 Å². The molecule has 0 amide bonds. The van der Waals surface area contributed by atoms with Gasteiger partial charge in [-0.25, -0.2) is 0 Å². The highest BCUT2D eigenvalue weighted by atomic mass is 16.5. The second-order valence-electron chi connectivity index (χ2n) is 7.81. The van der Waals surface area contributed by atoms with Crippen LogP contribution in [0.25, 0.3) is 17.3 Å². The Morgan fingerprint density at radius 1 is 1.09 bits per heavy atom. The number of nitriles is 1. The summed E-state index contributed by atoms with van der Waals surface area (Å²) in [4.78, 5) is 2.13. The molecule has 0 atom stereocenters. The number of allylic oxidation sites excluding steroid dienone is 1. The van der Waals surface area contributed by atoms with Crippen molar-refractivity contribution in [2.75, 3.05) is 38.3 Å². The molecule has 1 aromatic heterocycles. The molecule has 4 rings (SSSR count). The summed E-state index contributed by atoms with van der Waals surface area (Å²) in [5, 5.41) is 19.0. The van der Waals surface area contributed by atoms with Crippen LogP contribution in [0.3, 0.4) is 0 Å². The molecular formula is C25H27N5O3. The number of nitrogens with zero attached hydrogens (tertiary/aromatic N) is 5. The number of rotatable bonds is 7. The first kappa shape index (κ1) is 22.4. The monoisotopic (exact) mass is 445 g/mol. The third-order valence-electron chi connectivity index (χ3n) is 5.20. The maximum absolute atomic E-state index is 10.1. The van der Waals surface area contributed by atoms with Crippen molar-refractivity contribution in [3.05, 3.63) is 59.9 Å². The lowest BCUT2D eigenvalue weighted by molar-refractivity contribution is 0.122. The van der Waals surface area contributed by atoms with Crippen molar-refractivity contribution in [2.45, 2.75) is 20.0 Å². The number of benzene rings is 2.